The first-order valence-corrected chi connectivity index (χ1v) is 8.14. The Bertz CT molecular complexity index is 558. The maximum atomic E-state index is 12.4. The van der Waals surface area contributed by atoms with Crippen LogP contribution in [0.5, 0.6) is 5.75 Å². The monoisotopic (exact) mass is 319 g/mol. The number of carbonyl (C=O) groups is 1. The summed E-state index contributed by atoms with van der Waals surface area (Å²) in [6.07, 6.45) is 0.755. The first-order chi connectivity index (χ1) is 11.1. The largest absolute Gasteiger partial charge is 0.497 e. The quantitative estimate of drug-likeness (QED) is 0.804. The van der Waals surface area contributed by atoms with E-state index in [1.807, 2.05) is 29.2 Å². The molecule has 6 nitrogen and oxygen atoms in total. The van der Waals surface area contributed by atoms with Crippen molar-refractivity contribution in [1.29, 1.82) is 0 Å². The molecular formula is C17H25N3O3. The van der Waals surface area contributed by atoms with E-state index in [0.29, 0.717) is 32.7 Å². The van der Waals surface area contributed by atoms with Crippen LogP contribution in [0.15, 0.2) is 24.3 Å². The number of nitrogens with zero attached hydrogens (tertiary/aromatic N) is 2. The van der Waals surface area contributed by atoms with E-state index in [-0.39, 0.29) is 5.91 Å². The molecule has 1 atom stereocenters. The number of benzene rings is 1. The first kappa shape index (κ1) is 16.2. The molecule has 0 spiro atoms. The molecule has 2 aliphatic rings. The number of β-amino-alcohol motifs (C(OH)–C–C–N with tert-alkyl or cyclic N) is 1. The summed E-state index contributed by atoms with van der Waals surface area (Å²) in [5.41, 5.74) is 0.389. The molecule has 3 rings (SSSR count). The van der Waals surface area contributed by atoms with Gasteiger partial charge in [-0.05, 0) is 30.7 Å². The van der Waals surface area contributed by atoms with Crippen molar-refractivity contribution in [3.63, 3.8) is 0 Å². The third-order valence-electron chi connectivity index (χ3n) is 4.64. The molecule has 1 aromatic rings. The van der Waals surface area contributed by atoms with E-state index in [0.717, 1.165) is 30.8 Å². The predicted molar refractivity (Wildman–Crippen MR) is 87.3 cm³/mol. The van der Waals surface area contributed by atoms with Crippen LogP contribution in [0, 0.1) is 0 Å². The molecule has 2 fully saturated rings. The highest BCUT2D eigenvalue weighted by Gasteiger charge is 2.35. The number of rotatable bonds is 5. The van der Waals surface area contributed by atoms with Gasteiger partial charge in [0.25, 0.3) is 0 Å². The van der Waals surface area contributed by atoms with Crippen molar-refractivity contribution in [3.05, 3.63) is 29.8 Å². The van der Waals surface area contributed by atoms with Crippen LogP contribution in [-0.4, -0.2) is 72.8 Å². The normalized spacial score (nSPS) is 25.8. The van der Waals surface area contributed by atoms with E-state index < -0.39 is 5.60 Å². The molecule has 2 heterocycles. The Labute approximate surface area is 137 Å². The van der Waals surface area contributed by atoms with Gasteiger partial charge in [-0.1, -0.05) is 12.1 Å². The van der Waals surface area contributed by atoms with Crippen molar-refractivity contribution in [2.45, 2.75) is 18.6 Å². The molecule has 1 aromatic carbocycles. The SMILES string of the molecule is COc1cccc(CN2CCN(C[C@]3(O)CCNC3)CC2=O)c1. The minimum absolute atomic E-state index is 0.119. The maximum Gasteiger partial charge on any atom is 0.237 e. The van der Waals surface area contributed by atoms with Crippen LogP contribution < -0.4 is 10.1 Å². The van der Waals surface area contributed by atoms with E-state index in [9.17, 15) is 9.90 Å². The second-order valence-corrected chi connectivity index (χ2v) is 6.53. The van der Waals surface area contributed by atoms with Gasteiger partial charge in [-0.2, -0.15) is 0 Å². The lowest BCUT2D eigenvalue weighted by Crippen LogP contribution is -2.54. The van der Waals surface area contributed by atoms with E-state index >= 15 is 0 Å². The molecule has 6 heteroatoms. The van der Waals surface area contributed by atoms with Gasteiger partial charge >= 0.3 is 0 Å². The average molecular weight is 319 g/mol. The third kappa shape index (κ3) is 4.02. The number of hydrogen-bond acceptors (Lipinski definition) is 5. The van der Waals surface area contributed by atoms with Gasteiger partial charge in [-0.15, -0.1) is 0 Å². The van der Waals surface area contributed by atoms with E-state index in [1.54, 1.807) is 7.11 Å². The second kappa shape index (κ2) is 6.86. The van der Waals surface area contributed by atoms with Crippen LogP contribution >= 0.6 is 0 Å². The Balaban J connectivity index is 1.55. The lowest BCUT2D eigenvalue weighted by atomic mass is 10.0. The Morgan fingerprint density at radius 2 is 2.26 bits per heavy atom. The number of methoxy groups -OCH3 is 1. The summed E-state index contributed by atoms with van der Waals surface area (Å²) in [5.74, 6) is 0.929. The third-order valence-corrected chi connectivity index (χ3v) is 4.64. The van der Waals surface area contributed by atoms with Crippen molar-refractivity contribution in [2.75, 3.05) is 46.4 Å². The van der Waals surface area contributed by atoms with E-state index in [1.165, 1.54) is 0 Å². The minimum Gasteiger partial charge on any atom is -0.497 e. The van der Waals surface area contributed by atoms with Crippen LogP contribution in [0.4, 0.5) is 0 Å². The van der Waals surface area contributed by atoms with E-state index in [2.05, 4.69) is 10.2 Å². The number of piperazine rings is 1. The van der Waals surface area contributed by atoms with Crippen molar-refractivity contribution >= 4 is 5.91 Å². The lowest BCUT2D eigenvalue weighted by Gasteiger charge is -2.37. The Morgan fingerprint density at radius 3 is 2.96 bits per heavy atom. The summed E-state index contributed by atoms with van der Waals surface area (Å²) >= 11 is 0. The molecule has 2 aliphatic heterocycles. The predicted octanol–water partition coefficient (Wildman–Crippen LogP) is 0.0638. The topological polar surface area (TPSA) is 65.0 Å². The molecule has 0 radical (unpaired) electrons. The number of nitrogens with one attached hydrogen (secondary N) is 1. The molecule has 0 aromatic heterocycles. The molecular weight excluding hydrogens is 294 g/mol. The molecule has 126 valence electrons. The van der Waals surface area contributed by atoms with Crippen molar-refractivity contribution in [2.24, 2.45) is 0 Å². The van der Waals surface area contributed by atoms with Gasteiger partial charge in [0.05, 0.1) is 19.3 Å². The zero-order valence-electron chi connectivity index (χ0n) is 13.6. The summed E-state index contributed by atoms with van der Waals surface area (Å²) < 4.78 is 5.23. The molecule has 2 N–H and O–H groups in total. The number of hydrogen-bond donors (Lipinski definition) is 2. The molecule has 0 aliphatic carbocycles. The molecule has 23 heavy (non-hydrogen) atoms. The Morgan fingerprint density at radius 1 is 1.39 bits per heavy atom. The zero-order valence-corrected chi connectivity index (χ0v) is 13.6. The van der Waals surface area contributed by atoms with Crippen LogP contribution in [0.1, 0.15) is 12.0 Å². The average Bonchev–Trinajstić information content (AvgIpc) is 2.96. The summed E-state index contributed by atoms with van der Waals surface area (Å²) in [6, 6.07) is 7.82. The van der Waals surface area contributed by atoms with E-state index in [4.69, 9.17) is 4.74 Å². The smallest absolute Gasteiger partial charge is 0.237 e. The van der Waals surface area contributed by atoms with Gasteiger partial charge in [0.15, 0.2) is 0 Å². The van der Waals surface area contributed by atoms with Crippen LogP contribution in [0.2, 0.25) is 0 Å². The van der Waals surface area contributed by atoms with Crippen LogP contribution in [0.25, 0.3) is 0 Å². The van der Waals surface area contributed by atoms with Crippen LogP contribution in [0.3, 0.4) is 0 Å². The molecule has 0 saturated carbocycles. The number of amides is 1. The number of ether oxygens (including phenoxy) is 1. The van der Waals surface area contributed by atoms with Crippen molar-refractivity contribution < 1.29 is 14.6 Å². The van der Waals surface area contributed by atoms with Gasteiger partial charge in [-0.25, -0.2) is 0 Å². The van der Waals surface area contributed by atoms with Gasteiger partial charge in [0.2, 0.25) is 5.91 Å². The summed E-state index contributed by atoms with van der Waals surface area (Å²) in [5, 5.41) is 13.6. The van der Waals surface area contributed by atoms with Crippen molar-refractivity contribution in [1.82, 2.24) is 15.1 Å². The zero-order chi connectivity index (χ0) is 16.3. The van der Waals surface area contributed by atoms with Gasteiger partial charge in [-0.3, -0.25) is 9.69 Å². The fraction of sp³-hybridized carbons (Fsp3) is 0.588. The fourth-order valence-electron chi connectivity index (χ4n) is 3.33. The molecule has 1 amide bonds. The molecule has 0 unspecified atom stereocenters. The van der Waals surface area contributed by atoms with Crippen molar-refractivity contribution in [3.8, 4) is 5.75 Å². The summed E-state index contributed by atoms with van der Waals surface area (Å²) in [4.78, 5) is 16.3. The highest BCUT2D eigenvalue weighted by atomic mass is 16.5. The lowest BCUT2D eigenvalue weighted by molar-refractivity contribution is -0.138. The minimum atomic E-state index is -0.685. The highest BCUT2D eigenvalue weighted by Crippen LogP contribution is 2.19. The molecule has 0 bridgehead atoms. The maximum absolute atomic E-state index is 12.4. The first-order valence-electron chi connectivity index (χ1n) is 8.14. The standard InChI is InChI=1S/C17H25N3O3/c1-23-15-4-2-3-14(9-15)10-20-8-7-19(11-16(20)21)13-17(22)5-6-18-12-17/h2-4,9,18,22H,5-8,10-13H2,1H3/t17-/m0/s1. The van der Waals surface area contributed by atoms with Gasteiger partial charge in [0, 0.05) is 32.7 Å². The number of carbonyl (C=O) groups excluding carboxylic acids is 1. The Hall–Kier alpha value is -1.63. The van der Waals surface area contributed by atoms with Gasteiger partial charge in [0.1, 0.15) is 5.75 Å². The Kier molecular flexibility index (Phi) is 4.84. The number of aliphatic hydroxyl groups is 1. The second-order valence-electron chi connectivity index (χ2n) is 6.53. The summed E-state index contributed by atoms with van der Waals surface area (Å²) in [6.45, 7) is 4.52. The molecule has 2 saturated heterocycles. The van der Waals surface area contributed by atoms with Crippen LogP contribution in [-0.2, 0) is 11.3 Å². The fourth-order valence-corrected chi connectivity index (χ4v) is 3.33. The summed E-state index contributed by atoms with van der Waals surface area (Å²) in [7, 11) is 1.64. The highest BCUT2D eigenvalue weighted by molar-refractivity contribution is 5.79. The van der Waals surface area contributed by atoms with Gasteiger partial charge < -0.3 is 20.1 Å².